The van der Waals surface area contributed by atoms with Gasteiger partial charge in [-0.2, -0.15) is 0 Å². The second-order valence-electron chi connectivity index (χ2n) is 10.2. The number of aromatic nitrogens is 1. The van der Waals surface area contributed by atoms with Gasteiger partial charge in [-0.1, -0.05) is 0 Å². The number of nitrogens with zero attached hydrogens (tertiary/aromatic N) is 1. The summed E-state index contributed by atoms with van der Waals surface area (Å²) in [5.74, 6) is -0.570. The molecule has 0 aliphatic carbocycles. The molecule has 1 unspecified atom stereocenters. The van der Waals surface area contributed by atoms with Gasteiger partial charge >= 0.3 is 12.2 Å². The highest BCUT2D eigenvalue weighted by molar-refractivity contribution is 5.75. The number of amides is 3. The Labute approximate surface area is 206 Å². The van der Waals surface area contributed by atoms with Crippen LogP contribution in [0.25, 0.3) is 0 Å². The number of nitrogens with one attached hydrogen (secondary N) is 3. The van der Waals surface area contributed by atoms with Crippen molar-refractivity contribution in [3.05, 3.63) is 28.7 Å². The molecular weight excluding hydrogens is 456 g/mol. The fraction of sp³-hybridized carbons (Fsp3) is 0.667. The molecule has 0 saturated carbocycles. The molecule has 1 rings (SSSR count). The second kappa shape index (κ2) is 13.6. The van der Waals surface area contributed by atoms with Crippen molar-refractivity contribution in [2.45, 2.75) is 91.0 Å². The highest BCUT2D eigenvalue weighted by Crippen LogP contribution is 2.09. The molecule has 1 heterocycles. The maximum atomic E-state index is 12.2. The second-order valence-corrected chi connectivity index (χ2v) is 10.2. The van der Waals surface area contributed by atoms with Crippen LogP contribution in [0.2, 0.25) is 0 Å². The zero-order chi connectivity index (χ0) is 26.6. The molecule has 0 bridgehead atoms. The van der Waals surface area contributed by atoms with Crippen molar-refractivity contribution in [2.24, 2.45) is 0 Å². The Morgan fingerprint density at radius 3 is 2.26 bits per heavy atom. The number of unbranched alkanes of at least 4 members (excludes halogenated alkanes) is 1. The minimum Gasteiger partial charge on any atom is -0.503 e. The Balaban J connectivity index is 2.45. The van der Waals surface area contributed by atoms with Gasteiger partial charge in [0.05, 0.1) is 0 Å². The normalized spacial score (nSPS) is 12.4. The fourth-order valence-corrected chi connectivity index (χ4v) is 2.97. The maximum Gasteiger partial charge on any atom is 0.407 e. The van der Waals surface area contributed by atoms with Crippen molar-refractivity contribution in [1.29, 1.82) is 0 Å². The third-order valence-electron chi connectivity index (χ3n) is 4.49. The van der Waals surface area contributed by atoms with E-state index in [1.807, 2.05) is 0 Å². The van der Waals surface area contributed by atoms with Gasteiger partial charge in [0.1, 0.15) is 11.2 Å². The predicted molar refractivity (Wildman–Crippen MR) is 131 cm³/mol. The van der Waals surface area contributed by atoms with Gasteiger partial charge in [0, 0.05) is 38.3 Å². The van der Waals surface area contributed by atoms with E-state index in [0.29, 0.717) is 25.8 Å². The predicted octanol–water partition coefficient (Wildman–Crippen LogP) is 2.65. The summed E-state index contributed by atoms with van der Waals surface area (Å²) in [7, 11) is 0. The van der Waals surface area contributed by atoms with E-state index < -0.39 is 28.9 Å². The van der Waals surface area contributed by atoms with Crippen molar-refractivity contribution in [1.82, 2.24) is 20.5 Å². The molecule has 0 radical (unpaired) electrons. The van der Waals surface area contributed by atoms with E-state index in [1.165, 1.54) is 22.9 Å². The number of rotatable bonds is 11. The molecule has 4 N–H and O–H groups in total. The molecule has 0 saturated heterocycles. The lowest BCUT2D eigenvalue weighted by Crippen LogP contribution is -2.46. The lowest BCUT2D eigenvalue weighted by atomic mass is 10.1. The smallest absolute Gasteiger partial charge is 0.407 e. The zero-order valence-corrected chi connectivity index (χ0v) is 21.6. The van der Waals surface area contributed by atoms with Crippen molar-refractivity contribution in [3.8, 4) is 5.75 Å². The number of hydrogen-bond donors (Lipinski definition) is 4. The summed E-state index contributed by atoms with van der Waals surface area (Å²) in [5, 5.41) is 17.7. The number of alkyl carbamates (subject to hydrolysis) is 2. The van der Waals surface area contributed by atoms with E-state index in [4.69, 9.17) is 9.47 Å². The first-order chi connectivity index (χ1) is 16.2. The molecule has 1 aromatic rings. The highest BCUT2D eigenvalue weighted by atomic mass is 16.6. The van der Waals surface area contributed by atoms with Crippen LogP contribution in [-0.2, 0) is 20.8 Å². The molecule has 0 aliphatic rings. The Kier molecular flexibility index (Phi) is 11.6. The summed E-state index contributed by atoms with van der Waals surface area (Å²) < 4.78 is 11.8. The SMILES string of the molecule is CC(C)(C)OC(=O)NCC(CCCCNC(=O)CCn1cccc(O)c1=O)NC(=O)OC(C)(C)C. The molecule has 198 valence electrons. The maximum absolute atomic E-state index is 12.2. The largest absolute Gasteiger partial charge is 0.503 e. The van der Waals surface area contributed by atoms with Crippen LogP contribution in [0.15, 0.2) is 23.1 Å². The molecule has 0 aliphatic heterocycles. The van der Waals surface area contributed by atoms with Gasteiger partial charge in [0.25, 0.3) is 5.56 Å². The van der Waals surface area contributed by atoms with Gasteiger partial charge < -0.3 is 35.1 Å². The quantitative estimate of drug-likeness (QED) is 0.344. The van der Waals surface area contributed by atoms with Crippen LogP contribution in [0.4, 0.5) is 9.59 Å². The van der Waals surface area contributed by atoms with Crippen LogP contribution < -0.4 is 21.5 Å². The molecule has 1 aromatic heterocycles. The van der Waals surface area contributed by atoms with Crippen LogP contribution in [0, 0.1) is 0 Å². The monoisotopic (exact) mass is 496 g/mol. The minimum absolute atomic E-state index is 0.103. The Morgan fingerprint density at radius 1 is 1.00 bits per heavy atom. The summed E-state index contributed by atoms with van der Waals surface area (Å²) >= 11 is 0. The van der Waals surface area contributed by atoms with E-state index >= 15 is 0 Å². The van der Waals surface area contributed by atoms with Crippen molar-refractivity contribution in [2.75, 3.05) is 13.1 Å². The van der Waals surface area contributed by atoms with Gasteiger partial charge in [-0.25, -0.2) is 9.59 Å². The van der Waals surface area contributed by atoms with Crippen LogP contribution >= 0.6 is 0 Å². The zero-order valence-electron chi connectivity index (χ0n) is 21.6. The topological polar surface area (TPSA) is 148 Å². The number of aryl methyl sites for hydroxylation is 1. The van der Waals surface area contributed by atoms with Crippen molar-refractivity contribution in [3.63, 3.8) is 0 Å². The van der Waals surface area contributed by atoms with Gasteiger partial charge in [-0.3, -0.25) is 9.59 Å². The van der Waals surface area contributed by atoms with Crippen LogP contribution in [0.3, 0.4) is 0 Å². The highest BCUT2D eigenvalue weighted by Gasteiger charge is 2.21. The molecule has 1 atom stereocenters. The summed E-state index contributed by atoms with van der Waals surface area (Å²) in [5.41, 5.74) is -1.82. The molecule has 3 amide bonds. The number of carbonyl (C=O) groups is 3. The molecule has 0 spiro atoms. The molecule has 0 fully saturated rings. The molecule has 35 heavy (non-hydrogen) atoms. The van der Waals surface area contributed by atoms with E-state index in [0.717, 1.165) is 0 Å². The molecule has 11 nitrogen and oxygen atoms in total. The Hall–Kier alpha value is -3.24. The number of carbonyl (C=O) groups excluding carboxylic acids is 3. The van der Waals surface area contributed by atoms with E-state index in [2.05, 4.69) is 16.0 Å². The standard InChI is InChI=1S/C24H40N4O7/c1-23(2,3)34-21(32)26-16-17(27-22(33)35-24(4,5)6)10-7-8-13-25-19(30)12-15-28-14-9-11-18(29)20(28)31/h9,11,14,17,29H,7-8,10,12-13,15-16H2,1-6H3,(H,25,30)(H,26,32)(H,27,33). The molecule has 0 aromatic carbocycles. The van der Waals surface area contributed by atoms with Crippen molar-refractivity contribution < 1.29 is 29.0 Å². The third kappa shape index (κ3) is 13.9. The summed E-state index contributed by atoms with van der Waals surface area (Å²) in [4.78, 5) is 48.0. The number of pyridine rings is 1. The van der Waals surface area contributed by atoms with Gasteiger partial charge in [0.2, 0.25) is 5.91 Å². The summed E-state index contributed by atoms with van der Waals surface area (Å²) in [6.45, 7) is 11.3. The van der Waals surface area contributed by atoms with Gasteiger partial charge in [0.15, 0.2) is 5.75 Å². The Morgan fingerprint density at radius 2 is 1.63 bits per heavy atom. The van der Waals surface area contributed by atoms with Crippen molar-refractivity contribution >= 4 is 18.1 Å². The van der Waals surface area contributed by atoms with Crippen LogP contribution in [0.1, 0.15) is 67.2 Å². The lowest BCUT2D eigenvalue weighted by Gasteiger charge is -2.25. The number of hydrogen-bond acceptors (Lipinski definition) is 7. The van der Waals surface area contributed by atoms with Crippen LogP contribution in [-0.4, -0.2) is 58.1 Å². The first kappa shape index (κ1) is 29.8. The summed E-state index contributed by atoms with van der Waals surface area (Å²) in [6.07, 6.45) is 2.32. The Bertz CT molecular complexity index is 900. The lowest BCUT2D eigenvalue weighted by molar-refractivity contribution is -0.121. The average Bonchev–Trinajstić information content (AvgIpc) is 2.70. The summed E-state index contributed by atoms with van der Waals surface area (Å²) in [6, 6.07) is 2.45. The number of aromatic hydroxyl groups is 1. The molecule has 11 heteroatoms. The van der Waals surface area contributed by atoms with E-state index in [-0.39, 0.29) is 37.2 Å². The van der Waals surface area contributed by atoms with Gasteiger partial charge in [-0.05, 0) is 72.9 Å². The van der Waals surface area contributed by atoms with E-state index in [1.54, 1.807) is 41.5 Å². The first-order valence-electron chi connectivity index (χ1n) is 11.8. The van der Waals surface area contributed by atoms with Crippen LogP contribution in [0.5, 0.6) is 5.75 Å². The van der Waals surface area contributed by atoms with E-state index in [9.17, 15) is 24.3 Å². The first-order valence-corrected chi connectivity index (χ1v) is 11.8. The third-order valence-corrected chi connectivity index (χ3v) is 4.49. The fourth-order valence-electron chi connectivity index (χ4n) is 2.97. The number of ether oxygens (including phenoxy) is 2. The minimum atomic E-state index is -0.652. The van der Waals surface area contributed by atoms with Gasteiger partial charge in [-0.15, -0.1) is 0 Å². The average molecular weight is 497 g/mol. The molecular formula is C24H40N4O7.